The first kappa shape index (κ1) is 19.2. The van der Waals surface area contributed by atoms with Crippen molar-refractivity contribution < 1.29 is 18.9 Å². The number of quaternary nitrogens is 1. The van der Waals surface area contributed by atoms with E-state index in [1.54, 1.807) is 6.26 Å². The maximum Gasteiger partial charge on any atom is 0.309 e. The van der Waals surface area contributed by atoms with Crippen LogP contribution >= 0.6 is 0 Å². The average molecular weight is 370 g/mol. The molecule has 144 valence electrons. The summed E-state index contributed by atoms with van der Waals surface area (Å²) in [6, 6.07) is 12.2. The van der Waals surface area contributed by atoms with E-state index in [1.807, 2.05) is 32.9 Å². The first-order valence-corrected chi connectivity index (χ1v) is 9.38. The molecule has 0 bridgehead atoms. The van der Waals surface area contributed by atoms with Crippen molar-refractivity contribution >= 4 is 11.8 Å². The van der Waals surface area contributed by atoms with Gasteiger partial charge in [-0.3, -0.25) is 9.59 Å². The summed E-state index contributed by atoms with van der Waals surface area (Å²) < 4.78 is 5.64. The van der Waals surface area contributed by atoms with Crippen molar-refractivity contribution in [3.63, 3.8) is 0 Å². The Labute approximate surface area is 159 Å². The summed E-state index contributed by atoms with van der Waals surface area (Å²) in [5.74, 6) is -0.404. The topological polar surface area (TPSA) is 75.8 Å². The van der Waals surface area contributed by atoms with Gasteiger partial charge in [-0.1, -0.05) is 24.3 Å². The maximum atomic E-state index is 12.2. The van der Waals surface area contributed by atoms with Gasteiger partial charge in [-0.25, -0.2) is 0 Å². The van der Waals surface area contributed by atoms with Crippen LogP contribution < -0.4 is 15.5 Å². The van der Waals surface area contributed by atoms with Crippen LogP contribution in [0.15, 0.2) is 47.1 Å². The molecular weight excluding hydrogens is 342 g/mol. The lowest BCUT2D eigenvalue weighted by Crippen LogP contribution is -3.12. The van der Waals surface area contributed by atoms with Gasteiger partial charge >= 0.3 is 11.8 Å². The van der Waals surface area contributed by atoms with E-state index in [0.717, 1.165) is 25.3 Å². The second-order valence-corrected chi connectivity index (χ2v) is 8.09. The average Bonchev–Trinajstić information content (AvgIpc) is 3.14. The third kappa shape index (κ3) is 4.98. The van der Waals surface area contributed by atoms with E-state index in [2.05, 4.69) is 34.9 Å². The van der Waals surface area contributed by atoms with Crippen molar-refractivity contribution in [1.82, 2.24) is 10.6 Å². The van der Waals surface area contributed by atoms with Crippen LogP contribution in [0.4, 0.5) is 0 Å². The maximum absolute atomic E-state index is 12.2. The highest BCUT2D eigenvalue weighted by atomic mass is 16.3. The van der Waals surface area contributed by atoms with E-state index in [-0.39, 0.29) is 6.04 Å². The molecule has 1 aliphatic rings. The number of carbonyl (C=O) groups excluding carboxylic acids is 2. The second kappa shape index (κ2) is 7.96. The van der Waals surface area contributed by atoms with E-state index >= 15 is 0 Å². The molecular formula is C21H28N3O3+. The molecule has 1 aromatic carbocycles. The standard InChI is InChI=1S/C21H27N3O3/c1-21(2,3)23-20(26)19(25)22-13-17(18-9-6-12-27-18)24-11-10-15-7-4-5-8-16(15)14-24/h4-9,12,17H,10-11,13-14H2,1-3H3,(H,22,25)(H,23,26)/p+1/t17-/m1/s1. The van der Waals surface area contributed by atoms with Crippen LogP contribution in [0.2, 0.25) is 0 Å². The predicted octanol–water partition coefficient (Wildman–Crippen LogP) is 0.993. The Bertz CT molecular complexity index is 793. The Balaban J connectivity index is 1.69. The van der Waals surface area contributed by atoms with Crippen molar-refractivity contribution in [2.45, 2.75) is 45.3 Å². The zero-order chi connectivity index (χ0) is 19.4. The SMILES string of the molecule is CC(C)(C)NC(=O)C(=O)NC[C@H](c1ccco1)[NH+]1CCc2ccccc2C1. The van der Waals surface area contributed by atoms with Crippen LogP contribution in [0.3, 0.4) is 0 Å². The van der Waals surface area contributed by atoms with Gasteiger partial charge in [-0.05, 0) is 38.5 Å². The summed E-state index contributed by atoms with van der Waals surface area (Å²) in [7, 11) is 0. The van der Waals surface area contributed by atoms with Crippen LogP contribution in [0.1, 0.15) is 43.7 Å². The molecule has 6 nitrogen and oxygen atoms in total. The molecule has 0 aliphatic carbocycles. The lowest BCUT2D eigenvalue weighted by atomic mass is 9.98. The van der Waals surface area contributed by atoms with E-state index in [1.165, 1.54) is 16.0 Å². The highest BCUT2D eigenvalue weighted by molar-refractivity contribution is 6.35. The van der Waals surface area contributed by atoms with Crippen molar-refractivity contribution in [2.24, 2.45) is 0 Å². The van der Waals surface area contributed by atoms with E-state index in [0.29, 0.717) is 6.54 Å². The summed E-state index contributed by atoms with van der Waals surface area (Å²) in [6.07, 6.45) is 2.63. The molecule has 0 radical (unpaired) electrons. The van der Waals surface area contributed by atoms with Gasteiger partial charge in [0.05, 0.1) is 19.4 Å². The molecule has 0 fully saturated rings. The molecule has 1 aliphatic heterocycles. The molecule has 3 N–H and O–H groups in total. The van der Waals surface area contributed by atoms with Crippen molar-refractivity contribution in [2.75, 3.05) is 13.1 Å². The quantitative estimate of drug-likeness (QED) is 0.703. The van der Waals surface area contributed by atoms with Gasteiger partial charge in [-0.15, -0.1) is 0 Å². The molecule has 2 atom stereocenters. The normalized spacial score (nSPS) is 17.7. The molecule has 2 heterocycles. The predicted molar refractivity (Wildman–Crippen MR) is 102 cm³/mol. The Kier molecular flexibility index (Phi) is 5.65. The minimum atomic E-state index is -0.613. The zero-order valence-corrected chi connectivity index (χ0v) is 16.2. The number of carbonyl (C=O) groups is 2. The van der Waals surface area contributed by atoms with Gasteiger partial charge in [0.25, 0.3) is 0 Å². The molecule has 6 heteroatoms. The Morgan fingerprint density at radius 3 is 2.52 bits per heavy atom. The van der Waals surface area contributed by atoms with Crippen molar-refractivity contribution in [1.29, 1.82) is 0 Å². The lowest BCUT2D eigenvalue weighted by molar-refractivity contribution is -0.946. The molecule has 27 heavy (non-hydrogen) atoms. The summed E-state index contributed by atoms with van der Waals surface area (Å²) in [4.78, 5) is 25.6. The number of benzene rings is 1. The Hall–Kier alpha value is -2.60. The van der Waals surface area contributed by atoms with Gasteiger partial charge in [0.15, 0.2) is 11.8 Å². The largest absolute Gasteiger partial charge is 0.463 e. The van der Waals surface area contributed by atoms with Crippen LogP contribution in [-0.4, -0.2) is 30.4 Å². The highest BCUT2D eigenvalue weighted by Gasteiger charge is 2.31. The number of hydrogen-bond acceptors (Lipinski definition) is 3. The summed E-state index contributed by atoms with van der Waals surface area (Å²) >= 11 is 0. The minimum absolute atomic E-state index is 0.0419. The molecule has 0 spiro atoms. The molecule has 2 aromatic rings. The fourth-order valence-corrected chi connectivity index (χ4v) is 3.51. The third-order valence-electron chi connectivity index (χ3n) is 4.79. The fourth-order valence-electron chi connectivity index (χ4n) is 3.51. The number of rotatable bonds is 4. The van der Waals surface area contributed by atoms with Crippen molar-refractivity contribution in [3.05, 3.63) is 59.5 Å². The van der Waals surface area contributed by atoms with E-state index < -0.39 is 17.4 Å². The van der Waals surface area contributed by atoms with Gasteiger partial charge in [-0.2, -0.15) is 0 Å². The summed E-state index contributed by atoms with van der Waals surface area (Å²) in [6.45, 7) is 7.71. The van der Waals surface area contributed by atoms with Crippen LogP contribution in [0, 0.1) is 0 Å². The smallest absolute Gasteiger partial charge is 0.309 e. The third-order valence-corrected chi connectivity index (χ3v) is 4.79. The lowest BCUT2D eigenvalue weighted by Gasteiger charge is -2.31. The van der Waals surface area contributed by atoms with Crippen LogP contribution in [-0.2, 0) is 22.6 Å². The zero-order valence-electron chi connectivity index (χ0n) is 16.2. The molecule has 0 saturated heterocycles. The molecule has 3 rings (SSSR count). The molecule has 0 saturated carbocycles. The highest BCUT2D eigenvalue weighted by Crippen LogP contribution is 2.15. The minimum Gasteiger partial charge on any atom is -0.463 e. The van der Waals surface area contributed by atoms with Gasteiger partial charge in [0, 0.05) is 17.5 Å². The number of furan rings is 1. The Morgan fingerprint density at radius 1 is 1.11 bits per heavy atom. The number of fused-ring (bicyclic) bond motifs is 1. The van der Waals surface area contributed by atoms with Gasteiger partial charge < -0.3 is 20.0 Å². The second-order valence-electron chi connectivity index (χ2n) is 8.09. The van der Waals surface area contributed by atoms with Crippen LogP contribution in [0.25, 0.3) is 0 Å². The molecule has 1 aromatic heterocycles. The number of amides is 2. The van der Waals surface area contributed by atoms with Crippen molar-refractivity contribution in [3.8, 4) is 0 Å². The first-order valence-electron chi connectivity index (χ1n) is 9.38. The summed E-state index contributed by atoms with van der Waals surface area (Å²) in [5, 5.41) is 5.47. The number of nitrogens with one attached hydrogen (secondary N) is 3. The van der Waals surface area contributed by atoms with Gasteiger partial charge in [0.2, 0.25) is 0 Å². The molecule has 2 amide bonds. The van der Waals surface area contributed by atoms with E-state index in [9.17, 15) is 9.59 Å². The van der Waals surface area contributed by atoms with Gasteiger partial charge in [0.1, 0.15) is 6.54 Å². The Morgan fingerprint density at radius 2 is 1.85 bits per heavy atom. The fraction of sp³-hybridized carbons (Fsp3) is 0.429. The summed E-state index contributed by atoms with van der Waals surface area (Å²) in [5.41, 5.74) is 2.26. The first-order chi connectivity index (χ1) is 12.8. The monoisotopic (exact) mass is 370 g/mol. The molecule has 1 unspecified atom stereocenters. The number of hydrogen-bond donors (Lipinski definition) is 3. The van der Waals surface area contributed by atoms with E-state index in [4.69, 9.17) is 4.42 Å². The van der Waals surface area contributed by atoms with Crippen LogP contribution in [0.5, 0.6) is 0 Å².